The standard InChI is InChI=1S/C24H46/c1-5-6-7-8-9-10-11-12-13-14-15-16-17-21-24(4)22-19-18-20-23(2)3/h5,21,23H,1,6-20,22H2,2-4H3. The van der Waals surface area contributed by atoms with Crippen LogP contribution in [0.5, 0.6) is 0 Å². The minimum Gasteiger partial charge on any atom is -0.103 e. The summed E-state index contributed by atoms with van der Waals surface area (Å²) in [5, 5.41) is 0. The van der Waals surface area contributed by atoms with Gasteiger partial charge in [-0.3, -0.25) is 0 Å². The molecule has 0 aromatic carbocycles. The second-order valence-electron chi connectivity index (χ2n) is 8.09. The van der Waals surface area contributed by atoms with Crippen molar-refractivity contribution in [3.05, 3.63) is 24.3 Å². The largest absolute Gasteiger partial charge is 0.103 e. The Kier molecular flexibility index (Phi) is 18.4. The van der Waals surface area contributed by atoms with Crippen LogP contribution < -0.4 is 0 Å². The van der Waals surface area contributed by atoms with Crippen LogP contribution >= 0.6 is 0 Å². The zero-order chi connectivity index (χ0) is 17.9. The molecule has 0 aromatic rings. The molecule has 0 fully saturated rings. The molecule has 0 heteroatoms. The average Bonchev–Trinajstić information content (AvgIpc) is 2.55. The van der Waals surface area contributed by atoms with E-state index in [0.29, 0.717) is 0 Å². The number of unbranched alkanes of at least 4 members (excludes halogenated alkanes) is 12. The van der Waals surface area contributed by atoms with E-state index in [9.17, 15) is 0 Å². The minimum atomic E-state index is 0.867. The molecular weight excluding hydrogens is 288 g/mol. The monoisotopic (exact) mass is 334 g/mol. The smallest absolute Gasteiger partial charge is 0.0323 e. The van der Waals surface area contributed by atoms with Crippen molar-refractivity contribution in [2.75, 3.05) is 0 Å². The third-order valence-corrected chi connectivity index (χ3v) is 4.96. The molecule has 0 amide bonds. The maximum Gasteiger partial charge on any atom is -0.0323 e. The van der Waals surface area contributed by atoms with Crippen LogP contribution in [0.1, 0.15) is 124 Å². The van der Waals surface area contributed by atoms with Gasteiger partial charge in [0, 0.05) is 0 Å². The third kappa shape index (κ3) is 19.5. The molecule has 0 saturated heterocycles. The van der Waals surface area contributed by atoms with E-state index in [1.54, 1.807) is 5.57 Å². The highest BCUT2D eigenvalue weighted by molar-refractivity contribution is 4.97. The van der Waals surface area contributed by atoms with E-state index in [4.69, 9.17) is 0 Å². The molecule has 0 spiro atoms. The normalized spacial score (nSPS) is 12.1. The van der Waals surface area contributed by atoms with Gasteiger partial charge in [0.05, 0.1) is 0 Å². The SMILES string of the molecule is C=CCCCCCCCCCCCCC=C(C)CCCCC(C)C. The summed E-state index contributed by atoms with van der Waals surface area (Å²) in [6, 6.07) is 0. The maximum absolute atomic E-state index is 3.78. The van der Waals surface area contributed by atoms with E-state index in [2.05, 4.69) is 33.4 Å². The predicted molar refractivity (Wildman–Crippen MR) is 113 cm³/mol. The van der Waals surface area contributed by atoms with Gasteiger partial charge in [-0.15, -0.1) is 6.58 Å². The number of allylic oxidation sites excluding steroid dienone is 3. The molecule has 0 unspecified atom stereocenters. The Morgan fingerprint density at radius 3 is 1.71 bits per heavy atom. The molecule has 0 radical (unpaired) electrons. The first-order chi connectivity index (χ1) is 11.7. The van der Waals surface area contributed by atoms with E-state index >= 15 is 0 Å². The van der Waals surface area contributed by atoms with Gasteiger partial charge in [0.25, 0.3) is 0 Å². The van der Waals surface area contributed by atoms with Crippen molar-refractivity contribution < 1.29 is 0 Å². The first-order valence-corrected chi connectivity index (χ1v) is 10.9. The summed E-state index contributed by atoms with van der Waals surface area (Å²) in [5.74, 6) is 0.867. The second kappa shape index (κ2) is 18.8. The quantitative estimate of drug-likeness (QED) is 0.173. The molecule has 0 bridgehead atoms. The highest BCUT2D eigenvalue weighted by Gasteiger charge is 1.96. The molecule has 0 N–H and O–H groups in total. The molecule has 0 aliphatic carbocycles. The highest BCUT2D eigenvalue weighted by atomic mass is 14.0. The summed E-state index contributed by atoms with van der Waals surface area (Å²) in [6.07, 6.45) is 26.8. The van der Waals surface area contributed by atoms with E-state index in [1.165, 1.54) is 103 Å². The van der Waals surface area contributed by atoms with E-state index < -0.39 is 0 Å². The van der Waals surface area contributed by atoms with Crippen molar-refractivity contribution in [2.45, 2.75) is 124 Å². The summed E-state index contributed by atoms with van der Waals surface area (Å²) in [5.41, 5.74) is 1.62. The van der Waals surface area contributed by atoms with Gasteiger partial charge in [-0.1, -0.05) is 95.8 Å². The zero-order valence-electron chi connectivity index (χ0n) is 17.3. The Bertz CT molecular complexity index is 284. The number of hydrogen-bond donors (Lipinski definition) is 0. The van der Waals surface area contributed by atoms with Gasteiger partial charge in [-0.05, 0) is 51.4 Å². The van der Waals surface area contributed by atoms with Crippen LogP contribution in [-0.4, -0.2) is 0 Å². The van der Waals surface area contributed by atoms with E-state index in [-0.39, 0.29) is 0 Å². The molecule has 0 aliphatic rings. The van der Waals surface area contributed by atoms with Gasteiger partial charge in [0.2, 0.25) is 0 Å². The predicted octanol–water partition coefficient (Wildman–Crippen LogP) is 9.02. The van der Waals surface area contributed by atoms with Gasteiger partial charge in [0.15, 0.2) is 0 Å². The fourth-order valence-corrected chi connectivity index (χ4v) is 3.25. The molecule has 0 saturated carbocycles. The molecule has 142 valence electrons. The fourth-order valence-electron chi connectivity index (χ4n) is 3.25. The zero-order valence-corrected chi connectivity index (χ0v) is 17.3. The van der Waals surface area contributed by atoms with Crippen LogP contribution in [0.2, 0.25) is 0 Å². The molecule has 0 aliphatic heterocycles. The van der Waals surface area contributed by atoms with Gasteiger partial charge < -0.3 is 0 Å². The van der Waals surface area contributed by atoms with Crippen molar-refractivity contribution in [1.82, 2.24) is 0 Å². The molecule has 0 nitrogen and oxygen atoms in total. The molecule has 24 heavy (non-hydrogen) atoms. The van der Waals surface area contributed by atoms with Crippen LogP contribution in [0.4, 0.5) is 0 Å². The fraction of sp³-hybridized carbons (Fsp3) is 0.833. The maximum atomic E-state index is 3.78. The van der Waals surface area contributed by atoms with Gasteiger partial charge >= 0.3 is 0 Å². The Hall–Kier alpha value is -0.520. The molecule has 0 atom stereocenters. The summed E-state index contributed by atoms with van der Waals surface area (Å²) in [4.78, 5) is 0. The van der Waals surface area contributed by atoms with Crippen LogP contribution in [0.3, 0.4) is 0 Å². The van der Waals surface area contributed by atoms with E-state index in [1.807, 2.05) is 6.08 Å². The van der Waals surface area contributed by atoms with Crippen LogP contribution in [0.25, 0.3) is 0 Å². The Labute approximate surface area is 154 Å². The van der Waals surface area contributed by atoms with Crippen LogP contribution in [-0.2, 0) is 0 Å². The van der Waals surface area contributed by atoms with Crippen LogP contribution in [0, 0.1) is 5.92 Å². The van der Waals surface area contributed by atoms with E-state index in [0.717, 1.165) is 5.92 Å². The van der Waals surface area contributed by atoms with Crippen molar-refractivity contribution in [2.24, 2.45) is 5.92 Å². The lowest BCUT2D eigenvalue weighted by atomic mass is 10.0. The topological polar surface area (TPSA) is 0 Å². The Balaban J connectivity index is 3.23. The number of rotatable bonds is 18. The third-order valence-electron chi connectivity index (χ3n) is 4.96. The van der Waals surface area contributed by atoms with Crippen LogP contribution in [0.15, 0.2) is 24.3 Å². The summed E-state index contributed by atoms with van der Waals surface area (Å²) < 4.78 is 0. The summed E-state index contributed by atoms with van der Waals surface area (Å²) in [7, 11) is 0. The second-order valence-corrected chi connectivity index (χ2v) is 8.09. The number of hydrogen-bond acceptors (Lipinski definition) is 0. The lowest BCUT2D eigenvalue weighted by Crippen LogP contribution is -1.87. The van der Waals surface area contributed by atoms with Gasteiger partial charge in [0.1, 0.15) is 0 Å². The molecule has 0 aromatic heterocycles. The van der Waals surface area contributed by atoms with Gasteiger partial charge in [-0.25, -0.2) is 0 Å². The van der Waals surface area contributed by atoms with Crippen molar-refractivity contribution >= 4 is 0 Å². The molecular formula is C24H46. The Morgan fingerprint density at radius 1 is 0.708 bits per heavy atom. The lowest BCUT2D eigenvalue weighted by molar-refractivity contribution is 0.537. The lowest BCUT2D eigenvalue weighted by Gasteiger charge is -2.05. The molecule has 0 heterocycles. The average molecular weight is 335 g/mol. The summed E-state index contributed by atoms with van der Waals surface area (Å²) in [6.45, 7) is 10.8. The highest BCUT2D eigenvalue weighted by Crippen LogP contribution is 2.15. The van der Waals surface area contributed by atoms with Crippen molar-refractivity contribution in [3.8, 4) is 0 Å². The Morgan fingerprint density at radius 2 is 1.21 bits per heavy atom. The first-order valence-electron chi connectivity index (χ1n) is 10.9. The van der Waals surface area contributed by atoms with Gasteiger partial charge in [-0.2, -0.15) is 0 Å². The van der Waals surface area contributed by atoms with Crippen molar-refractivity contribution in [3.63, 3.8) is 0 Å². The first kappa shape index (κ1) is 23.5. The minimum absolute atomic E-state index is 0.867. The summed E-state index contributed by atoms with van der Waals surface area (Å²) >= 11 is 0. The van der Waals surface area contributed by atoms with Crippen molar-refractivity contribution in [1.29, 1.82) is 0 Å². The molecule has 0 rings (SSSR count).